The Kier molecular flexibility index (Phi) is 5.76. The molecule has 1 N–H and O–H groups in total. The monoisotopic (exact) mass is 433 g/mol. The molecule has 158 valence electrons. The van der Waals surface area contributed by atoms with Crippen molar-refractivity contribution in [2.45, 2.75) is 30.3 Å². The number of hydrogen-bond acceptors (Lipinski definition) is 3. The first-order valence-electron chi connectivity index (χ1n) is 10.0. The Morgan fingerprint density at radius 2 is 1.42 bits per heavy atom. The van der Waals surface area contributed by atoms with E-state index in [2.05, 4.69) is 0 Å². The highest BCUT2D eigenvalue weighted by molar-refractivity contribution is 7.89. The number of carboxylic acids is 1. The van der Waals surface area contributed by atoms with Gasteiger partial charge in [-0.05, 0) is 36.6 Å². The molecule has 3 aromatic rings. The predicted molar refractivity (Wildman–Crippen MR) is 119 cm³/mol. The first-order chi connectivity index (χ1) is 14.9. The first kappa shape index (κ1) is 21.0. The lowest BCUT2D eigenvalue weighted by atomic mass is 9.89. The highest BCUT2D eigenvalue weighted by Crippen LogP contribution is 2.45. The molecule has 0 unspecified atom stereocenters. The second-order valence-corrected chi connectivity index (χ2v) is 9.43. The van der Waals surface area contributed by atoms with Crippen molar-refractivity contribution in [2.24, 2.45) is 0 Å². The maximum Gasteiger partial charge on any atom is 0.333 e. The fourth-order valence-corrected chi connectivity index (χ4v) is 5.81. The van der Waals surface area contributed by atoms with E-state index in [4.69, 9.17) is 0 Å². The van der Waals surface area contributed by atoms with Crippen molar-refractivity contribution in [3.63, 3.8) is 0 Å². The maximum atomic E-state index is 13.9. The SMILES string of the molecule is Cc1ccc(S(=O)(=O)N2[C@@H](c3ccccc3)C(C(=O)O)=CC[C@H]2c2ccccc2)cc1. The van der Waals surface area contributed by atoms with Crippen molar-refractivity contribution in [1.82, 2.24) is 4.31 Å². The predicted octanol–water partition coefficient (Wildman–Crippen LogP) is 4.88. The normalized spacial score (nSPS) is 19.6. The average Bonchev–Trinajstić information content (AvgIpc) is 2.79. The third-order valence-corrected chi connectivity index (χ3v) is 7.45. The van der Waals surface area contributed by atoms with Gasteiger partial charge in [0.2, 0.25) is 10.0 Å². The number of sulfonamides is 1. The molecule has 2 atom stereocenters. The van der Waals surface area contributed by atoms with Crippen LogP contribution in [0.1, 0.15) is 35.2 Å². The minimum absolute atomic E-state index is 0.0640. The van der Waals surface area contributed by atoms with Crippen LogP contribution in [-0.4, -0.2) is 23.8 Å². The number of rotatable bonds is 5. The number of aryl methyl sites for hydroxylation is 1. The van der Waals surface area contributed by atoms with Crippen LogP contribution in [0.5, 0.6) is 0 Å². The summed E-state index contributed by atoms with van der Waals surface area (Å²) < 4.78 is 29.2. The third kappa shape index (κ3) is 4.04. The topological polar surface area (TPSA) is 74.7 Å². The van der Waals surface area contributed by atoms with Gasteiger partial charge in [-0.1, -0.05) is 84.4 Å². The van der Waals surface area contributed by atoms with Crippen LogP contribution in [0.3, 0.4) is 0 Å². The Bertz CT molecular complexity index is 1200. The fraction of sp³-hybridized carbons (Fsp3) is 0.160. The fourth-order valence-electron chi connectivity index (χ4n) is 4.03. The zero-order valence-electron chi connectivity index (χ0n) is 17.0. The summed E-state index contributed by atoms with van der Waals surface area (Å²) in [6.45, 7) is 1.89. The van der Waals surface area contributed by atoms with Gasteiger partial charge in [0.1, 0.15) is 0 Å². The molecule has 0 aromatic heterocycles. The van der Waals surface area contributed by atoms with Crippen molar-refractivity contribution in [1.29, 1.82) is 0 Å². The number of carboxylic acid groups (broad SMARTS) is 1. The molecule has 3 aromatic carbocycles. The van der Waals surface area contributed by atoms with Crippen LogP contribution >= 0.6 is 0 Å². The molecule has 1 aliphatic heterocycles. The van der Waals surface area contributed by atoms with E-state index in [1.165, 1.54) is 4.31 Å². The van der Waals surface area contributed by atoms with Gasteiger partial charge in [0.15, 0.2) is 0 Å². The van der Waals surface area contributed by atoms with E-state index in [0.29, 0.717) is 5.56 Å². The number of benzene rings is 3. The number of nitrogens with zero attached hydrogens (tertiary/aromatic N) is 1. The van der Waals surface area contributed by atoms with Crippen LogP contribution < -0.4 is 0 Å². The number of hydrogen-bond donors (Lipinski definition) is 1. The van der Waals surface area contributed by atoms with Crippen LogP contribution in [-0.2, 0) is 14.8 Å². The summed E-state index contributed by atoms with van der Waals surface area (Å²) in [5.74, 6) is -1.12. The van der Waals surface area contributed by atoms with Crippen molar-refractivity contribution in [3.05, 3.63) is 113 Å². The minimum Gasteiger partial charge on any atom is -0.478 e. The summed E-state index contributed by atoms with van der Waals surface area (Å²) in [6, 6.07) is 23.5. The molecule has 1 heterocycles. The molecule has 31 heavy (non-hydrogen) atoms. The molecular weight excluding hydrogens is 410 g/mol. The van der Waals surface area contributed by atoms with Crippen LogP contribution in [0.25, 0.3) is 0 Å². The summed E-state index contributed by atoms with van der Waals surface area (Å²) >= 11 is 0. The highest BCUT2D eigenvalue weighted by atomic mass is 32.2. The van der Waals surface area contributed by atoms with E-state index in [9.17, 15) is 18.3 Å². The molecule has 0 saturated heterocycles. The zero-order valence-corrected chi connectivity index (χ0v) is 17.9. The molecule has 0 fully saturated rings. The van der Waals surface area contributed by atoms with E-state index in [-0.39, 0.29) is 16.9 Å². The Morgan fingerprint density at radius 3 is 1.97 bits per heavy atom. The van der Waals surface area contributed by atoms with E-state index in [1.807, 2.05) is 43.3 Å². The maximum absolute atomic E-state index is 13.9. The van der Waals surface area contributed by atoms with Gasteiger partial charge >= 0.3 is 5.97 Å². The highest BCUT2D eigenvalue weighted by Gasteiger charge is 2.44. The average molecular weight is 434 g/mol. The van der Waals surface area contributed by atoms with Crippen molar-refractivity contribution in [3.8, 4) is 0 Å². The van der Waals surface area contributed by atoms with E-state index < -0.39 is 28.1 Å². The molecule has 0 saturated carbocycles. The molecule has 6 heteroatoms. The van der Waals surface area contributed by atoms with Gasteiger partial charge in [-0.25, -0.2) is 13.2 Å². The molecule has 5 nitrogen and oxygen atoms in total. The summed E-state index contributed by atoms with van der Waals surface area (Å²) in [6.07, 6.45) is 1.93. The van der Waals surface area contributed by atoms with Crippen LogP contribution in [0.15, 0.2) is 101 Å². The first-order valence-corrected chi connectivity index (χ1v) is 11.5. The lowest BCUT2D eigenvalue weighted by Gasteiger charge is -2.40. The summed E-state index contributed by atoms with van der Waals surface area (Å²) in [5.41, 5.74) is 2.45. The molecule has 0 radical (unpaired) electrons. The lowest BCUT2D eigenvalue weighted by Crippen LogP contribution is -2.42. The van der Waals surface area contributed by atoms with E-state index in [0.717, 1.165) is 11.1 Å². The smallest absolute Gasteiger partial charge is 0.333 e. The van der Waals surface area contributed by atoms with Gasteiger partial charge in [-0.15, -0.1) is 0 Å². The summed E-state index contributed by atoms with van der Waals surface area (Å²) in [7, 11) is -4.01. The van der Waals surface area contributed by atoms with Gasteiger partial charge in [0.05, 0.1) is 22.6 Å². The minimum atomic E-state index is -4.01. The molecule has 1 aliphatic rings. The largest absolute Gasteiger partial charge is 0.478 e. The Hall–Kier alpha value is -3.22. The molecular formula is C25H23NO4S. The summed E-state index contributed by atoms with van der Waals surface area (Å²) in [5, 5.41) is 9.93. The molecule has 0 spiro atoms. The van der Waals surface area contributed by atoms with Crippen LogP contribution in [0.4, 0.5) is 0 Å². The van der Waals surface area contributed by atoms with Gasteiger partial charge in [0.25, 0.3) is 0 Å². The quantitative estimate of drug-likeness (QED) is 0.622. The Labute approximate surface area is 182 Å². The zero-order chi connectivity index (χ0) is 22.0. The second kappa shape index (κ2) is 8.49. The molecule has 0 amide bonds. The van der Waals surface area contributed by atoms with E-state index >= 15 is 0 Å². The lowest BCUT2D eigenvalue weighted by molar-refractivity contribution is -0.133. The van der Waals surface area contributed by atoms with Crippen molar-refractivity contribution >= 4 is 16.0 Å². The second-order valence-electron chi connectivity index (χ2n) is 7.59. The van der Waals surface area contributed by atoms with Gasteiger partial charge in [-0.2, -0.15) is 4.31 Å². The van der Waals surface area contributed by atoms with Gasteiger partial charge in [-0.3, -0.25) is 0 Å². The van der Waals surface area contributed by atoms with Crippen molar-refractivity contribution in [2.75, 3.05) is 0 Å². The molecule has 0 bridgehead atoms. The molecule has 4 rings (SSSR count). The van der Waals surface area contributed by atoms with Crippen molar-refractivity contribution < 1.29 is 18.3 Å². The van der Waals surface area contributed by atoms with Gasteiger partial charge in [0, 0.05) is 0 Å². The standard InChI is InChI=1S/C25H23NO4S/c1-18-12-14-21(15-13-18)31(29,30)26-23(19-8-4-2-5-9-19)17-16-22(25(27)28)24(26)20-10-6-3-7-11-20/h2-16,23-24H,17H2,1H3,(H,27,28)/t23-,24-/m0/s1. The molecule has 0 aliphatic carbocycles. The van der Waals surface area contributed by atoms with E-state index in [1.54, 1.807) is 54.6 Å². The Morgan fingerprint density at radius 1 is 0.871 bits per heavy atom. The van der Waals surface area contributed by atoms with Gasteiger partial charge < -0.3 is 5.11 Å². The number of aliphatic carboxylic acids is 1. The third-order valence-electron chi connectivity index (χ3n) is 5.56. The number of carbonyl (C=O) groups is 1. The Balaban J connectivity index is 1.96. The van der Waals surface area contributed by atoms with Crippen LogP contribution in [0.2, 0.25) is 0 Å². The van der Waals surface area contributed by atoms with Crippen LogP contribution in [0, 0.1) is 6.92 Å². The summed E-state index contributed by atoms with van der Waals surface area (Å²) in [4.78, 5) is 12.3.